The number of anilines is 2. The second-order valence-corrected chi connectivity index (χ2v) is 9.33. The second kappa shape index (κ2) is 10.5. The molecule has 1 aliphatic heterocycles. The number of benzene rings is 3. The number of Topliss-reactive ketones (excluding diaryl/α,β-unsaturated/α-hetero) is 1. The van der Waals surface area contributed by atoms with Crippen molar-refractivity contribution in [2.24, 2.45) is 0 Å². The van der Waals surface area contributed by atoms with Gasteiger partial charge in [0, 0.05) is 29.7 Å². The summed E-state index contributed by atoms with van der Waals surface area (Å²) in [4.78, 5) is 29.4. The van der Waals surface area contributed by atoms with Gasteiger partial charge in [-0.15, -0.1) is 0 Å². The Hall–Kier alpha value is -4.06. The molecule has 0 bridgehead atoms. The van der Waals surface area contributed by atoms with E-state index < -0.39 is 6.04 Å². The minimum atomic E-state index is -0.592. The molecule has 0 unspecified atom stereocenters. The van der Waals surface area contributed by atoms with Gasteiger partial charge in [0.25, 0.3) is 0 Å². The predicted octanol–water partition coefficient (Wildman–Crippen LogP) is 6.40. The van der Waals surface area contributed by atoms with Gasteiger partial charge in [-0.05, 0) is 55.2 Å². The van der Waals surface area contributed by atoms with Gasteiger partial charge in [-0.1, -0.05) is 49.4 Å². The number of amides is 1. The highest BCUT2D eigenvalue weighted by Crippen LogP contribution is 2.49. The summed E-state index contributed by atoms with van der Waals surface area (Å²) < 4.78 is 11.3. The summed E-state index contributed by atoms with van der Waals surface area (Å²) in [5.41, 5.74) is 4.97. The molecule has 1 heterocycles. The largest absolute Gasteiger partial charge is 0.497 e. The van der Waals surface area contributed by atoms with Crippen LogP contribution in [0.1, 0.15) is 56.2 Å². The van der Waals surface area contributed by atoms with Gasteiger partial charge in [-0.3, -0.25) is 14.5 Å². The molecule has 1 aliphatic carbocycles. The van der Waals surface area contributed by atoms with Crippen LogP contribution < -0.4 is 19.7 Å². The third-order valence-electron chi connectivity index (χ3n) is 7.16. The normalized spacial score (nSPS) is 18.9. The summed E-state index contributed by atoms with van der Waals surface area (Å²) in [6, 6.07) is 22.8. The van der Waals surface area contributed by atoms with E-state index in [0.29, 0.717) is 37.2 Å². The second-order valence-electron chi connectivity index (χ2n) is 9.33. The van der Waals surface area contributed by atoms with Crippen molar-refractivity contribution in [2.45, 2.75) is 45.1 Å². The lowest BCUT2D eigenvalue weighted by Gasteiger charge is -2.35. The molecular weight excluding hydrogens is 464 g/mol. The minimum absolute atomic E-state index is 0.0213. The third-order valence-corrected chi connectivity index (χ3v) is 7.16. The van der Waals surface area contributed by atoms with Gasteiger partial charge in [0.2, 0.25) is 5.91 Å². The molecule has 0 saturated carbocycles. The highest BCUT2D eigenvalue weighted by molar-refractivity contribution is 6.06. The topological polar surface area (TPSA) is 67.9 Å². The maximum Gasteiger partial charge on any atom is 0.227 e. The predicted molar refractivity (Wildman–Crippen MR) is 145 cm³/mol. The zero-order valence-electron chi connectivity index (χ0n) is 21.5. The molecule has 190 valence electrons. The quantitative estimate of drug-likeness (QED) is 0.427. The number of rotatable bonds is 6. The van der Waals surface area contributed by atoms with E-state index in [9.17, 15) is 9.59 Å². The van der Waals surface area contributed by atoms with Gasteiger partial charge in [0.15, 0.2) is 5.78 Å². The van der Waals surface area contributed by atoms with Gasteiger partial charge in [-0.25, -0.2) is 0 Å². The summed E-state index contributed by atoms with van der Waals surface area (Å²) in [6.45, 7) is 4.28. The average molecular weight is 497 g/mol. The molecule has 2 aliphatic rings. The van der Waals surface area contributed by atoms with E-state index >= 15 is 0 Å². The van der Waals surface area contributed by atoms with Crippen LogP contribution in [0.2, 0.25) is 0 Å². The van der Waals surface area contributed by atoms with Crippen molar-refractivity contribution in [2.75, 3.05) is 23.9 Å². The lowest BCUT2D eigenvalue weighted by atomic mass is 9.78. The summed E-state index contributed by atoms with van der Waals surface area (Å²) >= 11 is 0. The highest BCUT2D eigenvalue weighted by Gasteiger charge is 2.42. The van der Waals surface area contributed by atoms with Crippen LogP contribution in [0.5, 0.6) is 11.5 Å². The molecule has 0 aromatic heterocycles. The van der Waals surface area contributed by atoms with E-state index in [1.165, 1.54) is 0 Å². The van der Waals surface area contributed by atoms with E-state index in [1.54, 1.807) is 12.0 Å². The molecule has 37 heavy (non-hydrogen) atoms. The van der Waals surface area contributed by atoms with Crippen molar-refractivity contribution in [1.82, 2.24) is 0 Å². The maximum absolute atomic E-state index is 14.0. The molecule has 3 aromatic rings. The fraction of sp³-hybridized carbons (Fsp3) is 0.290. The summed E-state index contributed by atoms with van der Waals surface area (Å²) in [7, 11) is 1.65. The molecule has 6 heteroatoms. The van der Waals surface area contributed by atoms with Gasteiger partial charge in [0.05, 0.1) is 31.1 Å². The third kappa shape index (κ3) is 4.59. The number of methoxy groups -OCH3 is 1. The SMILES string of the molecule is CCOc1ccccc1[C@H]1C2=C(C[C@@H](c3ccc(OC)cc3)CC2=O)Nc2ccccc2N1C(=O)CC. The summed E-state index contributed by atoms with van der Waals surface area (Å²) in [6.07, 6.45) is 1.33. The van der Waals surface area contributed by atoms with Crippen LogP contribution in [0.3, 0.4) is 0 Å². The molecule has 5 rings (SSSR count). The van der Waals surface area contributed by atoms with Gasteiger partial charge < -0.3 is 14.8 Å². The lowest BCUT2D eigenvalue weighted by molar-refractivity contribution is -0.119. The van der Waals surface area contributed by atoms with E-state index in [4.69, 9.17) is 9.47 Å². The molecule has 1 N–H and O–H groups in total. The van der Waals surface area contributed by atoms with Crippen LogP contribution in [0.15, 0.2) is 84.1 Å². The fourth-order valence-electron chi connectivity index (χ4n) is 5.44. The summed E-state index contributed by atoms with van der Waals surface area (Å²) in [5, 5.41) is 3.57. The van der Waals surface area contributed by atoms with Crippen LogP contribution in [0.25, 0.3) is 0 Å². The number of fused-ring (bicyclic) bond motifs is 1. The number of hydrogen-bond donors (Lipinski definition) is 1. The number of carbonyl (C=O) groups excluding carboxylic acids is 2. The molecule has 0 saturated heterocycles. The Morgan fingerprint density at radius 2 is 1.70 bits per heavy atom. The number of ketones is 1. The number of allylic oxidation sites excluding steroid dienone is 1. The van der Waals surface area contributed by atoms with Crippen molar-refractivity contribution < 1.29 is 19.1 Å². The molecule has 6 nitrogen and oxygen atoms in total. The Kier molecular flexibility index (Phi) is 6.99. The molecular formula is C31H32N2O4. The molecule has 2 atom stereocenters. The number of carbonyl (C=O) groups is 2. The van der Waals surface area contributed by atoms with Crippen molar-refractivity contribution >= 4 is 23.1 Å². The van der Waals surface area contributed by atoms with E-state index in [2.05, 4.69) is 5.32 Å². The Morgan fingerprint density at radius 1 is 0.973 bits per heavy atom. The average Bonchev–Trinajstić information content (AvgIpc) is 3.08. The van der Waals surface area contributed by atoms with Crippen molar-refractivity contribution in [3.05, 3.63) is 95.2 Å². The van der Waals surface area contributed by atoms with E-state index in [1.807, 2.05) is 86.6 Å². The lowest BCUT2D eigenvalue weighted by Crippen LogP contribution is -2.38. The molecule has 0 fully saturated rings. The molecule has 1 amide bonds. The highest BCUT2D eigenvalue weighted by atomic mass is 16.5. The fourth-order valence-corrected chi connectivity index (χ4v) is 5.44. The van der Waals surface area contributed by atoms with E-state index in [-0.39, 0.29) is 17.6 Å². The minimum Gasteiger partial charge on any atom is -0.497 e. The number of nitrogens with one attached hydrogen (secondary N) is 1. The molecule has 0 spiro atoms. The van der Waals surface area contributed by atoms with E-state index in [0.717, 1.165) is 33.9 Å². The van der Waals surface area contributed by atoms with Crippen molar-refractivity contribution in [1.29, 1.82) is 0 Å². The number of nitrogens with zero attached hydrogens (tertiary/aromatic N) is 1. The van der Waals surface area contributed by atoms with Gasteiger partial charge in [0.1, 0.15) is 11.5 Å². The first kappa shape index (κ1) is 24.6. The van der Waals surface area contributed by atoms with Crippen LogP contribution in [-0.2, 0) is 9.59 Å². The number of ether oxygens (including phenoxy) is 2. The first-order valence-electron chi connectivity index (χ1n) is 12.9. The Labute approximate surface area is 217 Å². The first-order valence-corrected chi connectivity index (χ1v) is 12.9. The number of para-hydroxylation sites is 3. The van der Waals surface area contributed by atoms with Gasteiger partial charge in [-0.2, -0.15) is 0 Å². The zero-order valence-corrected chi connectivity index (χ0v) is 21.5. The van der Waals surface area contributed by atoms with Crippen LogP contribution in [-0.4, -0.2) is 25.4 Å². The Morgan fingerprint density at radius 3 is 2.43 bits per heavy atom. The summed E-state index contributed by atoms with van der Waals surface area (Å²) in [5.74, 6) is 1.47. The Balaban J connectivity index is 1.70. The first-order chi connectivity index (χ1) is 18.0. The zero-order chi connectivity index (χ0) is 25.9. The van der Waals surface area contributed by atoms with Crippen LogP contribution in [0.4, 0.5) is 11.4 Å². The van der Waals surface area contributed by atoms with Crippen molar-refractivity contribution in [3.8, 4) is 11.5 Å². The molecule has 3 aromatic carbocycles. The molecule has 0 radical (unpaired) electrons. The standard InChI is InChI=1S/C31H32N2O4/c1-4-29(35)33-26-12-8-7-11-24(26)32-25-18-21(20-14-16-22(36-3)17-15-20)19-27(34)30(25)31(33)23-10-6-9-13-28(23)37-5-2/h6-17,21,31-32H,4-5,18-19H2,1-3H3/t21-,31+/m1/s1. The number of hydrogen-bond acceptors (Lipinski definition) is 5. The van der Waals surface area contributed by atoms with Crippen molar-refractivity contribution in [3.63, 3.8) is 0 Å². The smallest absolute Gasteiger partial charge is 0.227 e. The van der Waals surface area contributed by atoms with Crippen LogP contribution >= 0.6 is 0 Å². The monoisotopic (exact) mass is 496 g/mol. The van der Waals surface area contributed by atoms with Gasteiger partial charge >= 0.3 is 0 Å². The van der Waals surface area contributed by atoms with Crippen LogP contribution in [0, 0.1) is 0 Å². The Bertz CT molecular complexity index is 1350. The maximum atomic E-state index is 14.0.